The Morgan fingerprint density at radius 1 is 1.20 bits per heavy atom. The molecule has 0 spiro atoms. The SMILES string of the molecule is CCOc1ccccc1NC(=O)CC(=O)NC(C)CC. The molecular formula is C15H22N2O3. The minimum Gasteiger partial charge on any atom is -0.492 e. The monoisotopic (exact) mass is 278 g/mol. The molecule has 0 saturated carbocycles. The van der Waals surface area contributed by atoms with Crippen molar-refractivity contribution >= 4 is 17.5 Å². The molecule has 2 N–H and O–H groups in total. The molecule has 0 saturated heterocycles. The van der Waals surface area contributed by atoms with E-state index in [0.29, 0.717) is 18.0 Å². The minimum atomic E-state index is -0.349. The molecule has 5 heteroatoms. The number of carbonyl (C=O) groups excluding carboxylic acids is 2. The first kappa shape index (κ1) is 16.0. The predicted octanol–water partition coefficient (Wildman–Crippen LogP) is 2.33. The second-order valence-electron chi connectivity index (χ2n) is 4.53. The Kier molecular flexibility index (Phi) is 6.56. The van der Waals surface area contributed by atoms with Crippen LogP contribution in [0, 0.1) is 0 Å². The molecule has 0 aromatic heterocycles. The number of hydrogen-bond donors (Lipinski definition) is 2. The molecule has 0 heterocycles. The molecule has 1 atom stereocenters. The summed E-state index contributed by atoms with van der Waals surface area (Å²) in [5.74, 6) is -0.0191. The third-order valence-electron chi connectivity index (χ3n) is 2.80. The molecule has 0 aliphatic carbocycles. The molecule has 1 rings (SSSR count). The minimum absolute atomic E-state index is 0.0750. The molecule has 0 radical (unpaired) electrons. The maximum atomic E-state index is 11.8. The van der Waals surface area contributed by atoms with Gasteiger partial charge < -0.3 is 15.4 Å². The van der Waals surface area contributed by atoms with Crippen LogP contribution < -0.4 is 15.4 Å². The molecule has 2 amide bonds. The zero-order valence-corrected chi connectivity index (χ0v) is 12.2. The van der Waals surface area contributed by atoms with Crippen LogP contribution in [-0.2, 0) is 9.59 Å². The van der Waals surface area contributed by atoms with Crippen LogP contribution in [0.4, 0.5) is 5.69 Å². The summed E-state index contributed by atoms with van der Waals surface area (Å²) in [4.78, 5) is 23.4. The van der Waals surface area contributed by atoms with Crippen molar-refractivity contribution in [3.63, 3.8) is 0 Å². The summed E-state index contributed by atoms with van der Waals surface area (Å²) in [6.45, 7) is 6.27. The Bertz CT molecular complexity index is 460. The van der Waals surface area contributed by atoms with Gasteiger partial charge in [-0.1, -0.05) is 19.1 Å². The molecule has 5 nitrogen and oxygen atoms in total. The zero-order chi connectivity index (χ0) is 15.0. The van der Waals surface area contributed by atoms with Gasteiger partial charge in [-0.05, 0) is 32.4 Å². The van der Waals surface area contributed by atoms with E-state index in [1.165, 1.54) is 0 Å². The average Bonchev–Trinajstić information content (AvgIpc) is 2.40. The lowest BCUT2D eigenvalue weighted by molar-refractivity contribution is -0.127. The van der Waals surface area contributed by atoms with Gasteiger partial charge in [-0.2, -0.15) is 0 Å². The number of anilines is 1. The van der Waals surface area contributed by atoms with E-state index in [1.807, 2.05) is 26.8 Å². The Morgan fingerprint density at radius 2 is 1.90 bits per heavy atom. The van der Waals surface area contributed by atoms with E-state index in [2.05, 4.69) is 10.6 Å². The van der Waals surface area contributed by atoms with Gasteiger partial charge in [0.05, 0.1) is 12.3 Å². The van der Waals surface area contributed by atoms with Crippen molar-refractivity contribution in [1.29, 1.82) is 0 Å². The van der Waals surface area contributed by atoms with E-state index >= 15 is 0 Å². The van der Waals surface area contributed by atoms with Crippen LogP contribution in [0.5, 0.6) is 5.75 Å². The van der Waals surface area contributed by atoms with Gasteiger partial charge in [0.25, 0.3) is 0 Å². The maximum Gasteiger partial charge on any atom is 0.233 e. The number of amides is 2. The predicted molar refractivity (Wildman–Crippen MR) is 78.8 cm³/mol. The fourth-order valence-electron chi connectivity index (χ4n) is 1.62. The van der Waals surface area contributed by atoms with Crippen LogP contribution in [0.2, 0.25) is 0 Å². The van der Waals surface area contributed by atoms with E-state index in [0.717, 1.165) is 6.42 Å². The third-order valence-corrected chi connectivity index (χ3v) is 2.80. The Balaban J connectivity index is 2.56. The van der Waals surface area contributed by atoms with Gasteiger partial charge in [-0.25, -0.2) is 0 Å². The second-order valence-corrected chi connectivity index (χ2v) is 4.53. The largest absolute Gasteiger partial charge is 0.492 e. The highest BCUT2D eigenvalue weighted by molar-refractivity contribution is 6.04. The highest BCUT2D eigenvalue weighted by atomic mass is 16.5. The lowest BCUT2D eigenvalue weighted by Crippen LogP contribution is -2.34. The quantitative estimate of drug-likeness (QED) is 0.752. The molecule has 0 bridgehead atoms. The summed E-state index contributed by atoms with van der Waals surface area (Å²) >= 11 is 0. The molecule has 0 aliphatic heterocycles. The smallest absolute Gasteiger partial charge is 0.233 e. The first-order chi connectivity index (χ1) is 9.56. The van der Waals surface area contributed by atoms with Crippen LogP contribution in [0.3, 0.4) is 0 Å². The van der Waals surface area contributed by atoms with Crippen molar-refractivity contribution in [2.45, 2.75) is 39.7 Å². The van der Waals surface area contributed by atoms with Gasteiger partial charge in [-0.15, -0.1) is 0 Å². The summed E-state index contributed by atoms with van der Waals surface area (Å²) < 4.78 is 5.41. The number of hydrogen-bond acceptors (Lipinski definition) is 3. The number of para-hydroxylation sites is 2. The van der Waals surface area contributed by atoms with Crippen LogP contribution in [0.15, 0.2) is 24.3 Å². The number of rotatable bonds is 7. The van der Waals surface area contributed by atoms with E-state index < -0.39 is 0 Å². The van der Waals surface area contributed by atoms with E-state index in [1.54, 1.807) is 18.2 Å². The summed E-state index contributed by atoms with van der Waals surface area (Å²) in [7, 11) is 0. The normalized spacial score (nSPS) is 11.6. The second kappa shape index (κ2) is 8.19. The maximum absolute atomic E-state index is 11.8. The molecule has 1 aromatic carbocycles. The summed E-state index contributed by atoms with van der Waals surface area (Å²) in [5.41, 5.74) is 0.579. The number of ether oxygens (including phenoxy) is 1. The van der Waals surface area contributed by atoms with Gasteiger partial charge in [0.2, 0.25) is 11.8 Å². The molecule has 0 aliphatic rings. The first-order valence-electron chi connectivity index (χ1n) is 6.87. The Hall–Kier alpha value is -2.04. The fourth-order valence-corrected chi connectivity index (χ4v) is 1.62. The molecule has 20 heavy (non-hydrogen) atoms. The van der Waals surface area contributed by atoms with Crippen molar-refractivity contribution in [3.8, 4) is 5.75 Å². The highest BCUT2D eigenvalue weighted by Gasteiger charge is 2.13. The van der Waals surface area contributed by atoms with Gasteiger partial charge in [0.15, 0.2) is 0 Å². The molecule has 1 unspecified atom stereocenters. The van der Waals surface area contributed by atoms with Gasteiger partial charge in [0.1, 0.15) is 12.2 Å². The third kappa shape index (κ3) is 5.30. The van der Waals surface area contributed by atoms with Crippen molar-refractivity contribution in [2.24, 2.45) is 0 Å². The van der Waals surface area contributed by atoms with Crippen molar-refractivity contribution in [2.75, 3.05) is 11.9 Å². The standard InChI is InChI=1S/C15H22N2O3/c1-4-11(3)16-14(18)10-15(19)17-12-8-6-7-9-13(12)20-5-2/h6-9,11H,4-5,10H2,1-3H3,(H,16,18)(H,17,19). The Morgan fingerprint density at radius 3 is 2.55 bits per heavy atom. The molecular weight excluding hydrogens is 256 g/mol. The summed E-state index contributed by atoms with van der Waals surface area (Å²) in [6, 6.07) is 7.23. The van der Waals surface area contributed by atoms with Crippen LogP contribution in [0.25, 0.3) is 0 Å². The van der Waals surface area contributed by atoms with E-state index in [4.69, 9.17) is 4.74 Å². The fraction of sp³-hybridized carbons (Fsp3) is 0.467. The molecule has 0 fully saturated rings. The van der Waals surface area contributed by atoms with Crippen LogP contribution in [0.1, 0.15) is 33.6 Å². The number of benzene rings is 1. The van der Waals surface area contributed by atoms with Crippen molar-refractivity contribution in [3.05, 3.63) is 24.3 Å². The molecule has 110 valence electrons. The topological polar surface area (TPSA) is 67.4 Å². The van der Waals surface area contributed by atoms with Gasteiger partial charge >= 0.3 is 0 Å². The van der Waals surface area contributed by atoms with Crippen LogP contribution >= 0.6 is 0 Å². The molecule has 1 aromatic rings. The van der Waals surface area contributed by atoms with Gasteiger partial charge in [-0.3, -0.25) is 9.59 Å². The number of nitrogens with one attached hydrogen (secondary N) is 2. The van der Waals surface area contributed by atoms with E-state index in [-0.39, 0.29) is 24.3 Å². The lowest BCUT2D eigenvalue weighted by atomic mass is 10.2. The summed E-state index contributed by atoms with van der Waals surface area (Å²) in [5, 5.41) is 5.45. The lowest BCUT2D eigenvalue weighted by Gasteiger charge is -2.13. The zero-order valence-electron chi connectivity index (χ0n) is 12.2. The highest BCUT2D eigenvalue weighted by Crippen LogP contribution is 2.23. The van der Waals surface area contributed by atoms with Crippen molar-refractivity contribution < 1.29 is 14.3 Å². The van der Waals surface area contributed by atoms with Gasteiger partial charge in [0, 0.05) is 6.04 Å². The Labute approximate surface area is 119 Å². The average molecular weight is 278 g/mol. The summed E-state index contributed by atoms with van der Waals surface area (Å²) in [6.07, 6.45) is 0.644. The first-order valence-corrected chi connectivity index (χ1v) is 6.87. The number of carbonyl (C=O) groups is 2. The van der Waals surface area contributed by atoms with Crippen LogP contribution in [-0.4, -0.2) is 24.5 Å². The van der Waals surface area contributed by atoms with Crippen molar-refractivity contribution in [1.82, 2.24) is 5.32 Å². The van der Waals surface area contributed by atoms with E-state index in [9.17, 15) is 9.59 Å².